The van der Waals surface area contributed by atoms with Crippen molar-refractivity contribution in [3.05, 3.63) is 73.9 Å². The molecule has 1 aromatic heterocycles. The van der Waals surface area contributed by atoms with Crippen LogP contribution >= 0.6 is 15.9 Å². The molecule has 8 nitrogen and oxygen atoms in total. The number of nitro groups is 1. The van der Waals surface area contributed by atoms with E-state index in [1.54, 1.807) is 18.2 Å². The van der Waals surface area contributed by atoms with Crippen LogP contribution < -0.4 is 4.72 Å². The summed E-state index contributed by atoms with van der Waals surface area (Å²) in [5.74, 6) is -0.206. The number of para-hydroxylation sites is 2. The number of rotatable bonds is 9. The summed E-state index contributed by atoms with van der Waals surface area (Å²) in [5.41, 5.74) is 2.39. The predicted molar refractivity (Wildman–Crippen MR) is 123 cm³/mol. The highest BCUT2D eigenvalue weighted by atomic mass is 79.9. The molecule has 31 heavy (non-hydrogen) atoms. The first-order chi connectivity index (χ1) is 14.6. The minimum Gasteiger partial charge on any atom is -0.343 e. The molecule has 0 aliphatic heterocycles. The van der Waals surface area contributed by atoms with E-state index in [9.17, 15) is 23.3 Å². The molecule has 0 unspecified atom stereocenters. The van der Waals surface area contributed by atoms with Gasteiger partial charge < -0.3 is 4.57 Å². The van der Waals surface area contributed by atoms with Crippen molar-refractivity contribution in [3.8, 4) is 0 Å². The van der Waals surface area contributed by atoms with Crippen molar-refractivity contribution in [2.75, 3.05) is 12.8 Å². The van der Waals surface area contributed by atoms with Crippen LogP contribution in [0.2, 0.25) is 0 Å². The summed E-state index contributed by atoms with van der Waals surface area (Å²) in [4.78, 5) is 24.1. The molecule has 10 heteroatoms. The summed E-state index contributed by atoms with van der Waals surface area (Å²) < 4.78 is 27.9. The third-order valence-corrected chi connectivity index (χ3v) is 6.40. The number of halogens is 1. The molecule has 0 aliphatic carbocycles. The number of hydrogen-bond donors (Lipinski definition) is 1. The van der Waals surface area contributed by atoms with Crippen molar-refractivity contribution in [2.24, 2.45) is 0 Å². The summed E-state index contributed by atoms with van der Waals surface area (Å²) in [6.07, 6.45) is 1.56. The number of nitrogens with one attached hydrogen (secondary N) is 1. The maximum atomic E-state index is 13.3. The van der Waals surface area contributed by atoms with E-state index in [1.165, 1.54) is 6.07 Å². The topological polar surface area (TPSA) is 111 Å². The largest absolute Gasteiger partial charge is 0.343 e. The van der Waals surface area contributed by atoms with Crippen LogP contribution in [0.1, 0.15) is 28.0 Å². The Morgan fingerprint density at radius 1 is 1.19 bits per heavy atom. The third kappa shape index (κ3) is 5.20. The number of nitro benzene ring substituents is 1. The molecule has 0 aliphatic rings. The Morgan fingerprint density at radius 3 is 2.58 bits per heavy atom. The Labute approximate surface area is 188 Å². The first-order valence-electron chi connectivity index (χ1n) is 9.57. The van der Waals surface area contributed by atoms with E-state index in [-0.39, 0.29) is 24.4 Å². The van der Waals surface area contributed by atoms with Gasteiger partial charge in [-0.3, -0.25) is 14.9 Å². The van der Waals surface area contributed by atoms with Crippen LogP contribution in [0.15, 0.2) is 46.9 Å². The fraction of sp³-hybridized carbons (Fsp3) is 0.286. The molecule has 1 heterocycles. The number of aryl methyl sites for hydroxylation is 1. The first-order valence-corrected chi connectivity index (χ1v) is 12.3. The molecule has 0 saturated carbocycles. The maximum absolute atomic E-state index is 13.3. The lowest BCUT2D eigenvalue weighted by atomic mass is 9.99. The number of Topliss-reactive ketones (excluding diaryl/α,β-unsaturated/α-hetero) is 1. The summed E-state index contributed by atoms with van der Waals surface area (Å²) in [6.45, 7) is 2.62. The lowest BCUT2D eigenvalue weighted by Crippen LogP contribution is -2.24. The smallest absolute Gasteiger partial charge is 0.273 e. The number of ketones is 1. The second-order valence-electron chi connectivity index (χ2n) is 7.25. The minimum absolute atomic E-state index is 0.0785. The molecule has 2 aromatic carbocycles. The number of carbonyl (C=O) groups is 1. The van der Waals surface area contributed by atoms with Gasteiger partial charge in [-0.1, -0.05) is 30.3 Å². The number of fused-ring (bicyclic) bond motifs is 1. The molecular formula is C21H22BrN3O5S. The highest BCUT2D eigenvalue weighted by molar-refractivity contribution is 9.10. The van der Waals surface area contributed by atoms with Crippen molar-refractivity contribution >= 4 is 48.3 Å². The van der Waals surface area contributed by atoms with E-state index in [4.69, 9.17) is 0 Å². The lowest BCUT2D eigenvalue weighted by Gasteiger charge is -2.10. The zero-order chi connectivity index (χ0) is 22.8. The lowest BCUT2D eigenvalue weighted by molar-refractivity contribution is -0.385. The van der Waals surface area contributed by atoms with E-state index < -0.39 is 14.9 Å². The van der Waals surface area contributed by atoms with Gasteiger partial charge in [0.05, 0.1) is 16.7 Å². The van der Waals surface area contributed by atoms with Crippen molar-refractivity contribution in [1.29, 1.82) is 0 Å². The minimum atomic E-state index is -3.27. The van der Waals surface area contributed by atoms with E-state index in [0.29, 0.717) is 24.1 Å². The SMILES string of the molecule is Cc1c(C(=O)Cc2ccccc2[N+](=O)[O-])c2cccc(Br)c2n1CCCNS(C)(=O)=O. The number of nitrogens with zero attached hydrogens (tertiary/aromatic N) is 2. The summed E-state index contributed by atoms with van der Waals surface area (Å²) in [6, 6.07) is 11.8. The van der Waals surface area contributed by atoms with E-state index in [2.05, 4.69) is 20.7 Å². The standard InChI is InChI=1S/C21H22BrN3O5S/c1-14-20(19(26)13-15-7-3-4-10-18(15)25(27)28)16-8-5-9-17(22)21(16)24(14)12-6-11-23-31(2,29)30/h3-5,7-10,23H,6,11-13H2,1-2H3. The highest BCUT2D eigenvalue weighted by Gasteiger charge is 2.23. The van der Waals surface area contributed by atoms with Crippen molar-refractivity contribution in [3.63, 3.8) is 0 Å². The predicted octanol–water partition coefficient (Wildman–Crippen LogP) is 3.99. The maximum Gasteiger partial charge on any atom is 0.273 e. The van der Waals surface area contributed by atoms with Crippen LogP contribution in [0.3, 0.4) is 0 Å². The second-order valence-corrected chi connectivity index (χ2v) is 9.94. The number of sulfonamides is 1. The highest BCUT2D eigenvalue weighted by Crippen LogP contribution is 2.33. The van der Waals surface area contributed by atoms with E-state index >= 15 is 0 Å². The van der Waals surface area contributed by atoms with Gasteiger partial charge in [-0.15, -0.1) is 0 Å². The van der Waals surface area contributed by atoms with Gasteiger partial charge in [0, 0.05) is 52.3 Å². The molecule has 0 amide bonds. The molecule has 3 aromatic rings. The van der Waals surface area contributed by atoms with Crippen LogP contribution in [0.4, 0.5) is 5.69 Å². The molecule has 1 N–H and O–H groups in total. The summed E-state index contributed by atoms with van der Waals surface area (Å²) in [7, 11) is -3.27. The normalized spacial score (nSPS) is 11.7. The fourth-order valence-electron chi connectivity index (χ4n) is 3.71. The molecule has 3 rings (SSSR count). The van der Waals surface area contributed by atoms with Crippen LogP contribution in [-0.4, -0.2) is 36.5 Å². The Bertz CT molecular complexity index is 1270. The second kappa shape index (κ2) is 9.29. The molecule has 0 radical (unpaired) electrons. The zero-order valence-corrected chi connectivity index (χ0v) is 19.5. The van der Waals surface area contributed by atoms with Gasteiger partial charge in [-0.05, 0) is 35.3 Å². The molecule has 0 fully saturated rings. The Morgan fingerprint density at radius 2 is 1.90 bits per heavy atom. The van der Waals surface area contributed by atoms with Gasteiger partial charge in [0.25, 0.3) is 5.69 Å². The average molecular weight is 508 g/mol. The zero-order valence-electron chi connectivity index (χ0n) is 17.1. The summed E-state index contributed by atoms with van der Waals surface area (Å²) >= 11 is 3.55. The van der Waals surface area contributed by atoms with Crippen molar-refractivity contribution in [2.45, 2.75) is 26.3 Å². The molecule has 0 saturated heterocycles. The Hall–Kier alpha value is -2.56. The van der Waals surface area contributed by atoms with E-state index in [0.717, 1.165) is 27.3 Å². The summed E-state index contributed by atoms with van der Waals surface area (Å²) in [5, 5.41) is 12.1. The van der Waals surface area contributed by atoms with Gasteiger partial charge in [0.1, 0.15) is 0 Å². The third-order valence-electron chi connectivity index (χ3n) is 5.03. The van der Waals surface area contributed by atoms with E-state index in [1.807, 2.05) is 29.7 Å². The van der Waals surface area contributed by atoms with Crippen LogP contribution in [0, 0.1) is 17.0 Å². The van der Waals surface area contributed by atoms with Crippen LogP contribution in [-0.2, 0) is 23.0 Å². The molecule has 0 atom stereocenters. The quantitative estimate of drug-likeness (QED) is 0.203. The first kappa shape index (κ1) is 23.1. The van der Waals surface area contributed by atoms with Gasteiger partial charge in [-0.2, -0.15) is 0 Å². The van der Waals surface area contributed by atoms with Gasteiger partial charge >= 0.3 is 0 Å². The number of hydrogen-bond acceptors (Lipinski definition) is 5. The van der Waals surface area contributed by atoms with Crippen LogP contribution in [0.5, 0.6) is 0 Å². The van der Waals surface area contributed by atoms with Gasteiger partial charge in [0.2, 0.25) is 10.0 Å². The van der Waals surface area contributed by atoms with Crippen LogP contribution in [0.25, 0.3) is 10.9 Å². The fourth-order valence-corrected chi connectivity index (χ4v) is 4.81. The average Bonchev–Trinajstić information content (AvgIpc) is 2.97. The van der Waals surface area contributed by atoms with Gasteiger partial charge in [0.15, 0.2) is 5.78 Å². The van der Waals surface area contributed by atoms with Gasteiger partial charge in [-0.25, -0.2) is 13.1 Å². The number of aromatic nitrogens is 1. The molecule has 164 valence electrons. The number of carbonyl (C=O) groups excluding carboxylic acids is 1. The van der Waals surface area contributed by atoms with Crippen molar-refractivity contribution < 1.29 is 18.1 Å². The number of benzene rings is 2. The molecule has 0 bridgehead atoms. The Balaban J connectivity index is 1.98. The monoisotopic (exact) mass is 507 g/mol. The molecule has 0 spiro atoms. The Kier molecular flexibility index (Phi) is 6.93. The molecular weight excluding hydrogens is 486 g/mol. The van der Waals surface area contributed by atoms with Crippen molar-refractivity contribution in [1.82, 2.24) is 9.29 Å².